The molecule has 2 aromatic carbocycles. The second-order valence-corrected chi connectivity index (χ2v) is 6.43. The highest BCUT2D eigenvalue weighted by molar-refractivity contribution is 6.32. The van der Waals surface area contributed by atoms with E-state index in [0.29, 0.717) is 4.57 Å². The normalized spacial score (nSPS) is 11.2. The van der Waals surface area contributed by atoms with Gasteiger partial charge in [-0.05, 0) is 30.3 Å². The lowest BCUT2D eigenvalue weighted by atomic mass is 10.2. The number of anilines is 1. The first-order valence-electron chi connectivity index (χ1n) is 8.36. The van der Waals surface area contributed by atoms with E-state index >= 15 is 0 Å². The summed E-state index contributed by atoms with van der Waals surface area (Å²) in [7, 11) is 0. The zero-order chi connectivity index (χ0) is 21.9. The second kappa shape index (κ2) is 8.42. The van der Waals surface area contributed by atoms with E-state index in [2.05, 4.69) is 10.3 Å². The maximum atomic E-state index is 13.2. The summed E-state index contributed by atoms with van der Waals surface area (Å²) in [5, 5.41) is 11.4. The molecule has 0 bridgehead atoms. The van der Waals surface area contributed by atoms with Crippen molar-refractivity contribution in [3.05, 3.63) is 58.9 Å². The van der Waals surface area contributed by atoms with Gasteiger partial charge in [0.1, 0.15) is 12.6 Å². The Morgan fingerprint density at radius 2 is 1.97 bits per heavy atom. The number of nitriles is 1. The van der Waals surface area contributed by atoms with Crippen molar-refractivity contribution < 1.29 is 27.5 Å². The Kier molecular flexibility index (Phi) is 5.94. The van der Waals surface area contributed by atoms with Crippen molar-refractivity contribution in [1.82, 2.24) is 9.55 Å². The maximum absolute atomic E-state index is 13.2. The number of rotatable bonds is 5. The molecular formula is C19H12ClF3N4O3. The molecule has 0 saturated carbocycles. The molecule has 7 nitrogen and oxygen atoms in total. The summed E-state index contributed by atoms with van der Waals surface area (Å²) in [6.45, 7) is -1.49. The van der Waals surface area contributed by atoms with E-state index in [1.54, 1.807) is 0 Å². The van der Waals surface area contributed by atoms with Crippen LogP contribution in [0.1, 0.15) is 11.4 Å². The summed E-state index contributed by atoms with van der Waals surface area (Å²) in [6, 6.07) is 11.9. The number of fused-ring (bicyclic) bond motifs is 1. The third kappa shape index (κ3) is 4.69. The number of amides is 1. The van der Waals surface area contributed by atoms with Gasteiger partial charge in [0.05, 0.1) is 21.6 Å². The van der Waals surface area contributed by atoms with Crippen molar-refractivity contribution in [3.63, 3.8) is 0 Å². The number of para-hydroxylation sites is 2. The predicted octanol–water partition coefficient (Wildman–Crippen LogP) is 3.76. The number of aromatic nitrogens is 2. The third-order valence-corrected chi connectivity index (χ3v) is 4.25. The number of halogens is 4. The van der Waals surface area contributed by atoms with Gasteiger partial charge in [-0.2, -0.15) is 18.4 Å². The van der Waals surface area contributed by atoms with Crippen LogP contribution in [0.5, 0.6) is 0 Å². The molecule has 3 rings (SSSR count). The lowest BCUT2D eigenvalue weighted by molar-refractivity contribution is -0.152. The van der Waals surface area contributed by atoms with Gasteiger partial charge < -0.3 is 14.6 Å². The minimum Gasteiger partial charge on any atom is -0.454 e. The van der Waals surface area contributed by atoms with Crippen LogP contribution in [-0.2, 0) is 27.0 Å². The zero-order valence-corrected chi connectivity index (χ0v) is 15.8. The van der Waals surface area contributed by atoms with Crippen LogP contribution >= 0.6 is 11.6 Å². The molecule has 154 valence electrons. The molecule has 1 N–H and O–H groups in total. The monoisotopic (exact) mass is 436 g/mol. The van der Waals surface area contributed by atoms with Crippen LogP contribution in [0, 0.1) is 11.3 Å². The van der Waals surface area contributed by atoms with E-state index in [4.69, 9.17) is 21.6 Å². The van der Waals surface area contributed by atoms with Gasteiger partial charge in [0, 0.05) is 5.69 Å². The SMILES string of the molecule is N#Cc1ccc(NC(=O)COC(=O)Cn2c(C(F)(F)F)nc3ccccc32)cc1Cl. The molecule has 0 atom stereocenters. The number of imidazole rings is 1. The van der Waals surface area contributed by atoms with E-state index in [0.717, 1.165) is 0 Å². The van der Waals surface area contributed by atoms with Crippen LogP contribution < -0.4 is 5.32 Å². The zero-order valence-electron chi connectivity index (χ0n) is 15.0. The molecule has 1 amide bonds. The number of alkyl halides is 3. The number of esters is 1. The van der Waals surface area contributed by atoms with E-state index < -0.39 is 37.0 Å². The third-order valence-electron chi connectivity index (χ3n) is 3.93. The average molecular weight is 437 g/mol. The lowest BCUT2D eigenvalue weighted by Gasteiger charge is -2.11. The molecule has 11 heteroatoms. The Morgan fingerprint density at radius 3 is 2.63 bits per heavy atom. The van der Waals surface area contributed by atoms with Crippen molar-refractivity contribution in [2.75, 3.05) is 11.9 Å². The molecule has 0 aliphatic rings. The molecule has 1 heterocycles. The number of nitrogens with one attached hydrogen (secondary N) is 1. The van der Waals surface area contributed by atoms with Crippen molar-refractivity contribution in [2.45, 2.75) is 12.7 Å². The molecule has 0 aliphatic carbocycles. The fourth-order valence-corrected chi connectivity index (χ4v) is 2.88. The number of hydrogen-bond donors (Lipinski definition) is 1. The molecule has 3 aromatic rings. The minimum absolute atomic E-state index is 0.0769. The molecule has 0 spiro atoms. The predicted molar refractivity (Wildman–Crippen MR) is 100 cm³/mol. The van der Waals surface area contributed by atoms with Gasteiger partial charge >= 0.3 is 12.1 Å². The Labute approximate surface area is 172 Å². The smallest absolute Gasteiger partial charge is 0.449 e. The maximum Gasteiger partial charge on any atom is 0.449 e. The van der Waals surface area contributed by atoms with Gasteiger partial charge in [0.2, 0.25) is 5.82 Å². The van der Waals surface area contributed by atoms with Crippen molar-refractivity contribution in [1.29, 1.82) is 5.26 Å². The molecule has 0 radical (unpaired) electrons. The fraction of sp³-hybridized carbons (Fsp3) is 0.158. The summed E-state index contributed by atoms with van der Waals surface area (Å²) >= 11 is 5.86. The summed E-state index contributed by atoms with van der Waals surface area (Å²) in [4.78, 5) is 27.5. The van der Waals surface area contributed by atoms with E-state index in [1.807, 2.05) is 6.07 Å². The summed E-state index contributed by atoms with van der Waals surface area (Å²) in [6.07, 6.45) is -4.77. The van der Waals surface area contributed by atoms with E-state index in [-0.39, 0.29) is 27.3 Å². The first kappa shape index (κ1) is 21.1. The van der Waals surface area contributed by atoms with Gasteiger partial charge in [-0.15, -0.1) is 0 Å². The van der Waals surface area contributed by atoms with Crippen LogP contribution in [0.4, 0.5) is 18.9 Å². The standard InChI is InChI=1S/C19H12ClF3N4O3/c20-13-7-12(6-5-11(13)8-24)25-16(28)10-30-17(29)9-27-15-4-2-1-3-14(15)26-18(27)19(21,22)23/h1-7H,9-10H2,(H,25,28). The highest BCUT2D eigenvalue weighted by Crippen LogP contribution is 2.31. The van der Waals surface area contributed by atoms with Crippen molar-refractivity contribution in [3.8, 4) is 6.07 Å². The molecular weight excluding hydrogens is 425 g/mol. The van der Waals surface area contributed by atoms with Gasteiger partial charge in [0.25, 0.3) is 5.91 Å². The largest absolute Gasteiger partial charge is 0.454 e. The first-order valence-corrected chi connectivity index (χ1v) is 8.74. The number of carbonyl (C=O) groups excluding carboxylic acids is 2. The van der Waals surface area contributed by atoms with Crippen LogP contribution in [0.2, 0.25) is 5.02 Å². The molecule has 0 saturated heterocycles. The quantitative estimate of drug-likeness (QED) is 0.614. The first-order chi connectivity index (χ1) is 14.2. The Hall–Kier alpha value is -3.58. The Bertz CT molecular complexity index is 1170. The highest BCUT2D eigenvalue weighted by atomic mass is 35.5. The highest BCUT2D eigenvalue weighted by Gasteiger charge is 2.38. The topological polar surface area (TPSA) is 97.0 Å². The Balaban J connectivity index is 1.66. The van der Waals surface area contributed by atoms with Gasteiger partial charge in [-0.1, -0.05) is 23.7 Å². The number of hydrogen-bond acceptors (Lipinski definition) is 5. The summed E-state index contributed by atoms with van der Waals surface area (Å²) in [5.41, 5.74) is 0.667. The van der Waals surface area contributed by atoms with E-state index in [1.165, 1.54) is 42.5 Å². The lowest BCUT2D eigenvalue weighted by Crippen LogP contribution is -2.24. The van der Waals surface area contributed by atoms with E-state index in [9.17, 15) is 22.8 Å². The average Bonchev–Trinajstić information content (AvgIpc) is 3.06. The van der Waals surface area contributed by atoms with Gasteiger partial charge in [0.15, 0.2) is 6.61 Å². The molecule has 0 unspecified atom stereocenters. The van der Waals surface area contributed by atoms with Crippen molar-refractivity contribution >= 4 is 40.2 Å². The number of benzene rings is 2. The Morgan fingerprint density at radius 1 is 1.23 bits per heavy atom. The van der Waals surface area contributed by atoms with Gasteiger partial charge in [-0.3, -0.25) is 9.59 Å². The summed E-state index contributed by atoms with van der Waals surface area (Å²) in [5.74, 6) is -3.01. The molecule has 0 aliphatic heterocycles. The molecule has 0 fully saturated rings. The van der Waals surface area contributed by atoms with Gasteiger partial charge in [-0.25, -0.2) is 4.98 Å². The van der Waals surface area contributed by atoms with Crippen LogP contribution in [0.25, 0.3) is 11.0 Å². The van der Waals surface area contributed by atoms with Crippen molar-refractivity contribution in [2.24, 2.45) is 0 Å². The van der Waals surface area contributed by atoms with Crippen LogP contribution in [-0.4, -0.2) is 28.0 Å². The summed E-state index contributed by atoms with van der Waals surface area (Å²) < 4.78 is 45.2. The number of carbonyl (C=O) groups is 2. The fourth-order valence-electron chi connectivity index (χ4n) is 2.65. The van der Waals surface area contributed by atoms with Crippen LogP contribution in [0.15, 0.2) is 42.5 Å². The van der Waals surface area contributed by atoms with Crippen LogP contribution in [0.3, 0.4) is 0 Å². The molecule has 30 heavy (non-hydrogen) atoms. The second-order valence-electron chi connectivity index (χ2n) is 6.02. The number of ether oxygens (including phenoxy) is 1. The minimum atomic E-state index is -4.77. The number of nitrogens with zero attached hydrogens (tertiary/aromatic N) is 3. The molecule has 1 aromatic heterocycles.